The van der Waals surface area contributed by atoms with E-state index in [-0.39, 0.29) is 12.2 Å². The van der Waals surface area contributed by atoms with Crippen molar-refractivity contribution in [2.75, 3.05) is 31.2 Å². The molecule has 4 heterocycles. The van der Waals surface area contributed by atoms with Gasteiger partial charge in [-0.25, -0.2) is 9.79 Å². The molecule has 194 valence electrons. The van der Waals surface area contributed by atoms with Crippen molar-refractivity contribution in [3.63, 3.8) is 0 Å². The highest BCUT2D eigenvalue weighted by molar-refractivity contribution is 7.07. The van der Waals surface area contributed by atoms with Crippen molar-refractivity contribution in [3.8, 4) is 5.75 Å². The van der Waals surface area contributed by atoms with E-state index in [0.717, 1.165) is 43.1 Å². The first-order valence-corrected chi connectivity index (χ1v) is 13.6. The van der Waals surface area contributed by atoms with Gasteiger partial charge < -0.3 is 18.8 Å². The van der Waals surface area contributed by atoms with Gasteiger partial charge in [0.05, 0.1) is 35.1 Å². The van der Waals surface area contributed by atoms with E-state index in [4.69, 9.17) is 13.9 Å². The van der Waals surface area contributed by atoms with Gasteiger partial charge in [0.2, 0.25) is 0 Å². The number of furan rings is 1. The number of allylic oxidation sites excluding steroid dienone is 1. The third kappa shape index (κ3) is 5.00. The summed E-state index contributed by atoms with van der Waals surface area (Å²) in [5, 5.41) is 0. The molecule has 1 fully saturated rings. The van der Waals surface area contributed by atoms with Gasteiger partial charge in [0.25, 0.3) is 5.56 Å². The zero-order valence-electron chi connectivity index (χ0n) is 21.4. The SMILES string of the molecule is CCOC(=O)C1=C(C)N=c2sc(=Cc3ccc(N4CCCCC4)o3)c(=O)n2[C@@H]1c1ccc(OCC)cc1. The predicted molar refractivity (Wildman–Crippen MR) is 143 cm³/mol. The molecule has 0 radical (unpaired) electrons. The third-order valence-corrected chi connectivity index (χ3v) is 7.56. The van der Waals surface area contributed by atoms with Crippen molar-refractivity contribution < 1.29 is 18.7 Å². The molecule has 2 aromatic heterocycles. The number of nitrogens with zero attached hydrogens (tertiary/aromatic N) is 3. The number of aromatic nitrogens is 1. The van der Waals surface area contributed by atoms with Crippen LogP contribution in [0.5, 0.6) is 5.75 Å². The molecule has 0 unspecified atom stereocenters. The number of benzene rings is 1. The van der Waals surface area contributed by atoms with Crippen LogP contribution >= 0.6 is 11.3 Å². The van der Waals surface area contributed by atoms with E-state index in [2.05, 4.69) is 9.89 Å². The Kier molecular flexibility index (Phi) is 7.32. The Morgan fingerprint density at radius 1 is 1.11 bits per heavy atom. The molecule has 0 bridgehead atoms. The summed E-state index contributed by atoms with van der Waals surface area (Å²) in [4.78, 5) is 34.2. The number of carbonyl (C=O) groups is 1. The van der Waals surface area contributed by atoms with Crippen LogP contribution in [0.4, 0.5) is 5.88 Å². The Bertz CT molecular complexity index is 1490. The first kappa shape index (κ1) is 25.1. The molecule has 1 aromatic carbocycles. The van der Waals surface area contributed by atoms with Crippen molar-refractivity contribution in [1.29, 1.82) is 0 Å². The van der Waals surface area contributed by atoms with Gasteiger partial charge in [-0.1, -0.05) is 23.5 Å². The minimum Gasteiger partial charge on any atom is -0.494 e. The molecule has 1 saturated heterocycles. The normalized spacial score (nSPS) is 18.0. The molecule has 1 atom stereocenters. The number of carbonyl (C=O) groups excluding carboxylic acids is 1. The molecule has 0 N–H and O–H groups in total. The maximum atomic E-state index is 13.7. The number of anilines is 1. The van der Waals surface area contributed by atoms with Crippen LogP contribution in [0.3, 0.4) is 0 Å². The summed E-state index contributed by atoms with van der Waals surface area (Å²) in [6.07, 6.45) is 5.31. The van der Waals surface area contributed by atoms with Crippen LogP contribution in [0, 0.1) is 0 Å². The smallest absolute Gasteiger partial charge is 0.338 e. The van der Waals surface area contributed by atoms with Crippen LogP contribution in [0.1, 0.15) is 57.4 Å². The quantitative estimate of drug-likeness (QED) is 0.440. The largest absolute Gasteiger partial charge is 0.494 e. The molecule has 37 heavy (non-hydrogen) atoms. The van der Waals surface area contributed by atoms with Crippen molar-refractivity contribution in [2.45, 2.75) is 46.1 Å². The van der Waals surface area contributed by atoms with Crippen LogP contribution < -0.4 is 24.5 Å². The highest BCUT2D eigenvalue weighted by Gasteiger charge is 2.33. The maximum Gasteiger partial charge on any atom is 0.338 e. The van der Waals surface area contributed by atoms with Crippen LogP contribution in [0.15, 0.2) is 61.9 Å². The van der Waals surface area contributed by atoms with Crippen molar-refractivity contribution >= 4 is 29.3 Å². The van der Waals surface area contributed by atoms with Gasteiger partial charge in [-0.2, -0.15) is 0 Å². The first-order chi connectivity index (χ1) is 18.0. The second kappa shape index (κ2) is 10.8. The topological polar surface area (TPSA) is 86.3 Å². The highest BCUT2D eigenvalue weighted by Crippen LogP contribution is 2.31. The van der Waals surface area contributed by atoms with Gasteiger partial charge >= 0.3 is 5.97 Å². The molecule has 0 spiro atoms. The van der Waals surface area contributed by atoms with E-state index >= 15 is 0 Å². The number of fused-ring (bicyclic) bond motifs is 1. The molecule has 2 aliphatic rings. The van der Waals surface area contributed by atoms with Gasteiger partial charge in [0.1, 0.15) is 11.5 Å². The van der Waals surface area contributed by atoms with Gasteiger partial charge in [-0.15, -0.1) is 0 Å². The van der Waals surface area contributed by atoms with E-state index in [1.54, 1.807) is 24.5 Å². The van der Waals surface area contributed by atoms with Crippen molar-refractivity contribution in [3.05, 3.63) is 78.7 Å². The van der Waals surface area contributed by atoms with E-state index < -0.39 is 12.0 Å². The fourth-order valence-electron chi connectivity index (χ4n) is 4.85. The third-order valence-electron chi connectivity index (χ3n) is 6.58. The summed E-state index contributed by atoms with van der Waals surface area (Å²) >= 11 is 1.29. The number of ether oxygens (including phenoxy) is 2. The zero-order valence-corrected chi connectivity index (χ0v) is 22.2. The molecule has 3 aromatic rings. The lowest BCUT2D eigenvalue weighted by Gasteiger charge is -2.25. The minimum atomic E-state index is -0.659. The van der Waals surface area contributed by atoms with Crippen molar-refractivity contribution in [2.24, 2.45) is 4.99 Å². The number of piperidine rings is 1. The van der Waals surface area contributed by atoms with E-state index in [1.807, 2.05) is 43.3 Å². The minimum absolute atomic E-state index is 0.229. The lowest BCUT2D eigenvalue weighted by molar-refractivity contribution is -0.139. The van der Waals surface area contributed by atoms with E-state index in [1.165, 1.54) is 17.8 Å². The fourth-order valence-corrected chi connectivity index (χ4v) is 5.88. The number of thiazole rings is 1. The molecule has 0 aliphatic carbocycles. The second-order valence-corrected chi connectivity index (χ2v) is 10.0. The molecule has 8 nitrogen and oxygen atoms in total. The Morgan fingerprint density at radius 2 is 1.86 bits per heavy atom. The summed E-state index contributed by atoms with van der Waals surface area (Å²) in [5.74, 6) is 1.68. The summed E-state index contributed by atoms with van der Waals surface area (Å²) in [6.45, 7) is 8.20. The molecule has 2 aliphatic heterocycles. The van der Waals surface area contributed by atoms with Crippen LogP contribution in [0.2, 0.25) is 0 Å². The van der Waals surface area contributed by atoms with E-state index in [9.17, 15) is 9.59 Å². The van der Waals surface area contributed by atoms with Gasteiger partial charge in [0.15, 0.2) is 10.7 Å². The van der Waals surface area contributed by atoms with E-state index in [0.29, 0.717) is 33.0 Å². The standard InChI is InChI=1S/C28H31N3O5S/c1-4-34-20-11-9-19(10-12-20)25-24(27(33)35-5-2)18(3)29-28-31(25)26(32)22(37-28)17-21-13-14-23(36-21)30-15-7-6-8-16-30/h9-14,17,25H,4-8,15-16H2,1-3H3/t25-/m1/s1. The highest BCUT2D eigenvalue weighted by atomic mass is 32.1. The van der Waals surface area contributed by atoms with Crippen molar-refractivity contribution in [1.82, 2.24) is 4.57 Å². The number of rotatable bonds is 7. The maximum absolute atomic E-state index is 13.7. The average molecular weight is 522 g/mol. The molecular formula is C28H31N3O5S. The molecule has 9 heteroatoms. The van der Waals surface area contributed by atoms with Gasteiger partial charge in [0, 0.05) is 25.2 Å². The van der Waals surface area contributed by atoms with Crippen LogP contribution in [-0.2, 0) is 9.53 Å². The first-order valence-electron chi connectivity index (χ1n) is 12.8. The van der Waals surface area contributed by atoms with Gasteiger partial charge in [-0.3, -0.25) is 9.36 Å². The molecule has 0 saturated carbocycles. The summed E-state index contributed by atoms with van der Waals surface area (Å²) in [7, 11) is 0. The lowest BCUT2D eigenvalue weighted by atomic mass is 9.96. The van der Waals surface area contributed by atoms with Crippen LogP contribution in [-0.4, -0.2) is 36.8 Å². The summed E-state index contributed by atoms with van der Waals surface area (Å²) in [6, 6.07) is 10.6. The Hall–Kier alpha value is -3.59. The molecular weight excluding hydrogens is 490 g/mol. The van der Waals surface area contributed by atoms with Crippen LogP contribution in [0.25, 0.3) is 6.08 Å². The Morgan fingerprint density at radius 3 is 2.57 bits per heavy atom. The number of hydrogen-bond donors (Lipinski definition) is 0. The predicted octanol–water partition coefficient (Wildman–Crippen LogP) is 3.78. The molecule has 0 amide bonds. The summed E-state index contributed by atoms with van der Waals surface area (Å²) in [5.41, 5.74) is 1.44. The van der Waals surface area contributed by atoms with Gasteiger partial charge in [-0.05, 0) is 63.8 Å². The second-order valence-electron chi connectivity index (χ2n) is 9.03. The monoisotopic (exact) mass is 521 g/mol. The lowest BCUT2D eigenvalue weighted by Crippen LogP contribution is -2.39. The average Bonchev–Trinajstić information content (AvgIpc) is 3.49. The fraction of sp³-hybridized carbons (Fsp3) is 0.393. The number of hydrogen-bond acceptors (Lipinski definition) is 8. The Labute approximate surface area is 219 Å². The number of esters is 1. The zero-order chi connectivity index (χ0) is 25.9. The molecule has 5 rings (SSSR count). The Balaban J connectivity index is 1.59. The summed E-state index contributed by atoms with van der Waals surface area (Å²) < 4.78 is 19.1.